The quantitative estimate of drug-likeness (QED) is 0.176. The number of nitrogens with one attached hydrogen (secondary N) is 1. The van der Waals surface area contributed by atoms with Crippen molar-refractivity contribution in [1.29, 1.82) is 0 Å². The Hall–Kier alpha value is -4.28. The smallest absolute Gasteiger partial charge is 0.475 e. The van der Waals surface area contributed by atoms with Gasteiger partial charge >= 0.3 is 12.1 Å². The summed E-state index contributed by atoms with van der Waals surface area (Å²) in [5.41, 5.74) is 15.2. The Bertz CT molecular complexity index is 1280. The van der Waals surface area contributed by atoms with Crippen LogP contribution in [0.4, 0.5) is 18.9 Å². The van der Waals surface area contributed by atoms with E-state index < -0.39 is 45.8 Å². The number of benzene rings is 1. The first-order chi connectivity index (χ1) is 16.5. The molecule has 0 aliphatic heterocycles. The number of carboxylic acids is 1. The van der Waals surface area contributed by atoms with E-state index >= 15 is 0 Å². The van der Waals surface area contributed by atoms with E-state index in [9.17, 15) is 31.2 Å². The van der Waals surface area contributed by atoms with Gasteiger partial charge in [-0.05, 0) is 43.3 Å². The van der Waals surface area contributed by atoms with E-state index in [4.69, 9.17) is 31.9 Å². The molecule has 2 unspecified atom stereocenters. The molecule has 0 saturated carbocycles. The van der Waals surface area contributed by atoms with Crippen LogP contribution in [0.5, 0.6) is 0 Å². The van der Waals surface area contributed by atoms with Gasteiger partial charge in [-0.3, -0.25) is 18.9 Å². The van der Waals surface area contributed by atoms with Crippen molar-refractivity contribution >= 4 is 33.5 Å². The number of alkyl halides is 3. The predicted octanol–water partition coefficient (Wildman–Crippen LogP) is 0.211. The number of oxime groups is 1. The van der Waals surface area contributed by atoms with Crippen molar-refractivity contribution in [3.05, 3.63) is 58.5 Å². The number of anilines is 1. The fourth-order valence-corrected chi connectivity index (χ4v) is 3.72. The van der Waals surface area contributed by atoms with E-state index in [0.29, 0.717) is 5.69 Å². The molecule has 0 aliphatic rings. The van der Waals surface area contributed by atoms with Gasteiger partial charge in [0, 0.05) is 5.69 Å². The van der Waals surface area contributed by atoms with Gasteiger partial charge in [0.2, 0.25) is 11.9 Å². The lowest BCUT2D eigenvalue weighted by Crippen LogP contribution is -2.42. The molecule has 2 atom stereocenters. The SMILES string of the molecule is Cc1ccc(NS(=O)(=O)c2ccccc2)c(=O)n1C(C(N)=O)C(C)ON=C(N)N.O=C(O)C(F)(F)F. The molecular weight excluding hydrogens is 513 g/mol. The summed E-state index contributed by atoms with van der Waals surface area (Å²) in [4.78, 5) is 38.9. The molecule has 36 heavy (non-hydrogen) atoms. The van der Waals surface area contributed by atoms with Crippen LogP contribution in [0.25, 0.3) is 0 Å². The number of sulfonamides is 1. The number of aromatic nitrogens is 1. The van der Waals surface area contributed by atoms with Gasteiger partial charge in [-0.15, -0.1) is 0 Å². The van der Waals surface area contributed by atoms with Crippen molar-refractivity contribution in [3.63, 3.8) is 0 Å². The summed E-state index contributed by atoms with van der Waals surface area (Å²) in [6.45, 7) is 2.99. The van der Waals surface area contributed by atoms with Crippen molar-refractivity contribution in [2.75, 3.05) is 4.72 Å². The second-order valence-electron chi connectivity index (χ2n) is 6.96. The maximum atomic E-state index is 13.0. The molecule has 1 amide bonds. The zero-order chi connectivity index (χ0) is 27.8. The summed E-state index contributed by atoms with van der Waals surface area (Å²) in [6, 6.07) is 8.99. The highest BCUT2D eigenvalue weighted by Gasteiger charge is 2.38. The number of carbonyl (C=O) groups excluding carboxylic acids is 1. The number of carboxylic acid groups (broad SMARTS) is 1. The van der Waals surface area contributed by atoms with Crippen molar-refractivity contribution < 1.29 is 41.1 Å². The molecule has 1 heterocycles. The second kappa shape index (κ2) is 11.9. The highest BCUT2D eigenvalue weighted by Crippen LogP contribution is 2.19. The molecule has 0 saturated heterocycles. The van der Waals surface area contributed by atoms with E-state index in [1.807, 2.05) is 0 Å². The minimum atomic E-state index is -5.08. The number of halogens is 3. The summed E-state index contributed by atoms with van der Waals surface area (Å²) in [5, 5.41) is 10.5. The molecule has 17 heteroatoms. The molecule has 0 radical (unpaired) electrons. The summed E-state index contributed by atoms with van der Waals surface area (Å²) >= 11 is 0. The lowest BCUT2D eigenvalue weighted by atomic mass is 10.1. The third-order valence-electron chi connectivity index (χ3n) is 4.20. The third-order valence-corrected chi connectivity index (χ3v) is 5.58. The zero-order valence-electron chi connectivity index (χ0n) is 18.8. The number of primary amides is 1. The number of pyridine rings is 1. The number of amides is 1. The third kappa shape index (κ3) is 8.19. The minimum Gasteiger partial charge on any atom is -0.475 e. The summed E-state index contributed by atoms with van der Waals surface area (Å²) in [6.07, 6.45) is -6.10. The normalized spacial score (nSPS) is 12.8. The second-order valence-corrected chi connectivity index (χ2v) is 8.64. The Balaban J connectivity index is 0.000000809. The van der Waals surface area contributed by atoms with E-state index in [-0.39, 0.29) is 16.5 Å². The topological polar surface area (TPSA) is 222 Å². The van der Waals surface area contributed by atoms with E-state index in [1.165, 1.54) is 31.2 Å². The van der Waals surface area contributed by atoms with Gasteiger partial charge in [-0.25, -0.2) is 13.2 Å². The number of nitrogens with two attached hydrogens (primary N) is 3. The first-order valence-electron chi connectivity index (χ1n) is 9.63. The Morgan fingerprint density at radius 3 is 2.08 bits per heavy atom. The number of aliphatic carboxylic acids is 1. The predicted molar refractivity (Wildman–Crippen MR) is 121 cm³/mol. The fraction of sp³-hybridized carbons (Fsp3) is 0.263. The van der Waals surface area contributed by atoms with Crippen LogP contribution in [0.3, 0.4) is 0 Å². The number of hydrogen-bond acceptors (Lipinski definition) is 7. The highest BCUT2D eigenvalue weighted by molar-refractivity contribution is 7.92. The number of hydrogen-bond donors (Lipinski definition) is 5. The maximum absolute atomic E-state index is 13.0. The Kier molecular flexibility index (Phi) is 9.85. The molecule has 0 aliphatic carbocycles. The largest absolute Gasteiger partial charge is 0.490 e. The lowest BCUT2D eigenvalue weighted by Gasteiger charge is -2.24. The molecule has 2 aromatic rings. The first kappa shape index (κ1) is 29.8. The number of carbonyl (C=O) groups is 2. The van der Waals surface area contributed by atoms with E-state index in [0.717, 1.165) is 4.57 Å². The van der Waals surface area contributed by atoms with Crippen LogP contribution in [-0.4, -0.2) is 48.2 Å². The van der Waals surface area contributed by atoms with Crippen LogP contribution in [0.2, 0.25) is 0 Å². The number of aryl methyl sites for hydroxylation is 1. The Morgan fingerprint density at radius 2 is 1.64 bits per heavy atom. The van der Waals surface area contributed by atoms with Crippen molar-refractivity contribution in [2.24, 2.45) is 22.4 Å². The lowest BCUT2D eigenvalue weighted by molar-refractivity contribution is -0.192. The number of rotatable bonds is 8. The molecule has 2 rings (SSSR count). The van der Waals surface area contributed by atoms with Gasteiger partial charge in [0.1, 0.15) is 5.69 Å². The molecule has 8 N–H and O–H groups in total. The number of guanidine groups is 1. The fourth-order valence-electron chi connectivity index (χ4n) is 2.64. The van der Waals surface area contributed by atoms with Crippen LogP contribution in [0.15, 0.2) is 57.3 Å². The van der Waals surface area contributed by atoms with Gasteiger partial charge in [0.15, 0.2) is 12.1 Å². The van der Waals surface area contributed by atoms with Gasteiger partial charge in [0.25, 0.3) is 15.6 Å². The van der Waals surface area contributed by atoms with Crippen LogP contribution in [0, 0.1) is 6.92 Å². The van der Waals surface area contributed by atoms with E-state index in [2.05, 4.69) is 9.88 Å². The average molecular weight is 536 g/mol. The molecule has 1 aromatic heterocycles. The van der Waals surface area contributed by atoms with Crippen LogP contribution < -0.4 is 27.5 Å². The monoisotopic (exact) mass is 536 g/mol. The standard InChI is InChI=1S/C17H22N6O5S.C2HF3O2/c1-10-8-9-13(22-29(26,27)12-6-4-3-5-7-12)16(25)23(10)14(15(18)24)11(2)28-21-17(19)20;3-2(4,5)1(6)7/h3-9,11,14,22H,1-2H3,(H2,18,24)(H4,19,20,21);(H,6,7). The molecule has 1 aromatic carbocycles. The molecule has 0 spiro atoms. The van der Waals surface area contributed by atoms with Gasteiger partial charge < -0.3 is 27.1 Å². The molecular formula is C19H23F3N6O7S. The highest BCUT2D eigenvalue weighted by atomic mass is 32.2. The Morgan fingerprint density at radius 1 is 1.11 bits per heavy atom. The van der Waals surface area contributed by atoms with Gasteiger partial charge in [0.05, 0.1) is 4.90 Å². The molecule has 198 valence electrons. The number of nitrogens with zero attached hydrogens (tertiary/aromatic N) is 2. The summed E-state index contributed by atoms with van der Waals surface area (Å²) in [7, 11) is -4.02. The van der Waals surface area contributed by atoms with Crippen LogP contribution in [0.1, 0.15) is 18.7 Å². The zero-order valence-corrected chi connectivity index (χ0v) is 19.6. The average Bonchev–Trinajstić information content (AvgIpc) is 2.77. The first-order valence-corrected chi connectivity index (χ1v) is 11.1. The van der Waals surface area contributed by atoms with Crippen molar-refractivity contribution in [2.45, 2.75) is 37.1 Å². The summed E-state index contributed by atoms with van der Waals surface area (Å²) < 4.78 is 60.1. The maximum Gasteiger partial charge on any atom is 0.490 e. The summed E-state index contributed by atoms with van der Waals surface area (Å²) in [5.74, 6) is -4.03. The Labute approximate surface area is 202 Å². The van der Waals surface area contributed by atoms with Crippen LogP contribution in [-0.2, 0) is 24.4 Å². The van der Waals surface area contributed by atoms with E-state index in [1.54, 1.807) is 25.1 Å². The van der Waals surface area contributed by atoms with Crippen molar-refractivity contribution in [3.8, 4) is 0 Å². The molecule has 0 fully saturated rings. The van der Waals surface area contributed by atoms with Crippen LogP contribution >= 0.6 is 0 Å². The molecule has 13 nitrogen and oxygen atoms in total. The molecule has 0 bridgehead atoms. The van der Waals surface area contributed by atoms with Crippen molar-refractivity contribution in [1.82, 2.24) is 4.57 Å². The van der Waals surface area contributed by atoms with Gasteiger partial charge in [-0.2, -0.15) is 13.2 Å². The van der Waals surface area contributed by atoms with Gasteiger partial charge in [-0.1, -0.05) is 18.2 Å². The minimum absolute atomic E-state index is 0.0255.